The summed E-state index contributed by atoms with van der Waals surface area (Å²) in [6.07, 6.45) is 3.60. The molecule has 0 aliphatic heterocycles. The van der Waals surface area contributed by atoms with Crippen molar-refractivity contribution in [2.75, 3.05) is 13.7 Å². The third-order valence-electron chi connectivity index (χ3n) is 3.00. The average Bonchev–Trinajstić information content (AvgIpc) is 2.51. The van der Waals surface area contributed by atoms with Crippen LogP contribution in [0.5, 0.6) is 11.5 Å². The lowest BCUT2D eigenvalue weighted by molar-refractivity contribution is 0.310. The number of halogens is 1. The molecule has 0 unspecified atom stereocenters. The van der Waals surface area contributed by atoms with Gasteiger partial charge in [-0.15, -0.1) is 0 Å². The van der Waals surface area contributed by atoms with Gasteiger partial charge in [-0.1, -0.05) is 17.7 Å². The normalized spacial score (nSPS) is 10.4. The molecule has 0 radical (unpaired) electrons. The minimum atomic E-state index is 0.584. The largest absolute Gasteiger partial charge is 0.493 e. The fraction of sp³-hybridized carbons (Fsp3) is 0.312. The molecule has 0 saturated carbocycles. The number of nitrogens with one attached hydrogen (secondary N) is 1. The molecule has 0 bridgehead atoms. The molecule has 0 atom stereocenters. The van der Waals surface area contributed by atoms with Crippen molar-refractivity contribution in [3.63, 3.8) is 0 Å². The molecule has 1 aromatic heterocycles. The van der Waals surface area contributed by atoms with Gasteiger partial charge in [-0.2, -0.15) is 0 Å². The number of nitrogens with zero attached hydrogens (tertiary/aromatic N) is 1. The molecular formula is C16H19ClN2O2. The van der Waals surface area contributed by atoms with Crippen LogP contribution >= 0.6 is 11.6 Å². The Morgan fingerprint density at radius 1 is 1.24 bits per heavy atom. The van der Waals surface area contributed by atoms with Gasteiger partial charge >= 0.3 is 0 Å². The highest BCUT2D eigenvalue weighted by Crippen LogP contribution is 2.33. The maximum Gasteiger partial charge on any atom is 0.162 e. The molecule has 4 nitrogen and oxygen atoms in total. The maximum absolute atomic E-state index is 6.27. The van der Waals surface area contributed by atoms with E-state index in [0.29, 0.717) is 29.7 Å². The fourth-order valence-corrected chi connectivity index (χ4v) is 2.21. The minimum Gasteiger partial charge on any atom is -0.493 e. The zero-order valence-electron chi connectivity index (χ0n) is 12.2. The predicted molar refractivity (Wildman–Crippen MR) is 84.0 cm³/mol. The van der Waals surface area contributed by atoms with E-state index in [-0.39, 0.29) is 0 Å². The molecular weight excluding hydrogens is 288 g/mol. The van der Waals surface area contributed by atoms with E-state index in [4.69, 9.17) is 21.1 Å². The first kappa shape index (κ1) is 15.6. The minimum absolute atomic E-state index is 0.584. The smallest absolute Gasteiger partial charge is 0.162 e. The Balaban J connectivity index is 2.03. The summed E-state index contributed by atoms with van der Waals surface area (Å²) >= 11 is 6.27. The first-order chi connectivity index (χ1) is 10.2. The Bertz CT molecular complexity index is 576. The van der Waals surface area contributed by atoms with Gasteiger partial charge in [-0.3, -0.25) is 4.98 Å². The molecule has 112 valence electrons. The Hall–Kier alpha value is -1.78. The number of methoxy groups -OCH3 is 1. The van der Waals surface area contributed by atoms with Gasteiger partial charge in [0, 0.05) is 36.6 Å². The van der Waals surface area contributed by atoms with E-state index in [0.717, 1.165) is 17.7 Å². The topological polar surface area (TPSA) is 43.4 Å². The lowest BCUT2D eigenvalue weighted by atomic mass is 10.2. The Morgan fingerprint density at radius 3 is 2.76 bits per heavy atom. The summed E-state index contributed by atoms with van der Waals surface area (Å²) in [5.41, 5.74) is 2.11. The van der Waals surface area contributed by atoms with Crippen LogP contribution in [0, 0.1) is 0 Å². The molecule has 2 rings (SSSR count). The molecule has 21 heavy (non-hydrogen) atoms. The molecule has 1 aromatic carbocycles. The summed E-state index contributed by atoms with van der Waals surface area (Å²) in [6, 6.07) is 7.65. The Kier molecular flexibility index (Phi) is 5.84. The molecule has 1 N–H and O–H groups in total. The highest BCUT2D eigenvalue weighted by molar-refractivity contribution is 6.31. The zero-order chi connectivity index (χ0) is 15.1. The second-order valence-electron chi connectivity index (χ2n) is 4.49. The van der Waals surface area contributed by atoms with Crippen molar-refractivity contribution in [2.24, 2.45) is 0 Å². The number of benzene rings is 1. The summed E-state index contributed by atoms with van der Waals surface area (Å²) in [4.78, 5) is 4.09. The van der Waals surface area contributed by atoms with Crippen LogP contribution in [0.3, 0.4) is 0 Å². The monoisotopic (exact) mass is 306 g/mol. The number of aromatic nitrogens is 1. The summed E-state index contributed by atoms with van der Waals surface area (Å²) in [5.74, 6) is 1.36. The van der Waals surface area contributed by atoms with Crippen LogP contribution in [0.25, 0.3) is 0 Å². The number of hydrogen-bond donors (Lipinski definition) is 1. The van der Waals surface area contributed by atoms with Crippen molar-refractivity contribution >= 4 is 11.6 Å². The van der Waals surface area contributed by atoms with Gasteiger partial charge in [-0.25, -0.2) is 0 Å². The molecule has 0 aliphatic carbocycles. The highest BCUT2D eigenvalue weighted by Gasteiger charge is 2.10. The maximum atomic E-state index is 6.27. The van der Waals surface area contributed by atoms with Crippen molar-refractivity contribution in [2.45, 2.75) is 20.0 Å². The van der Waals surface area contributed by atoms with E-state index in [1.165, 1.54) is 0 Å². The number of pyridine rings is 1. The van der Waals surface area contributed by atoms with Gasteiger partial charge in [0.25, 0.3) is 0 Å². The van der Waals surface area contributed by atoms with E-state index < -0.39 is 0 Å². The molecule has 0 fully saturated rings. The lowest BCUT2D eigenvalue weighted by Gasteiger charge is -2.13. The third-order valence-corrected chi connectivity index (χ3v) is 3.35. The fourth-order valence-electron chi connectivity index (χ4n) is 1.98. The van der Waals surface area contributed by atoms with Gasteiger partial charge in [-0.05, 0) is 30.2 Å². The predicted octanol–water partition coefficient (Wildman–Crippen LogP) is 3.43. The van der Waals surface area contributed by atoms with Gasteiger partial charge in [0.1, 0.15) is 0 Å². The van der Waals surface area contributed by atoms with Gasteiger partial charge in [0.2, 0.25) is 0 Å². The second kappa shape index (κ2) is 7.86. The Morgan fingerprint density at radius 2 is 2.10 bits per heavy atom. The molecule has 5 heteroatoms. The van der Waals surface area contributed by atoms with Crippen molar-refractivity contribution in [3.05, 3.63) is 52.8 Å². The van der Waals surface area contributed by atoms with Gasteiger partial charge < -0.3 is 14.8 Å². The molecule has 1 heterocycles. The average molecular weight is 307 g/mol. The second-order valence-corrected chi connectivity index (χ2v) is 4.90. The first-order valence-electron chi connectivity index (χ1n) is 6.83. The summed E-state index contributed by atoms with van der Waals surface area (Å²) < 4.78 is 10.8. The molecule has 0 spiro atoms. The quantitative estimate of drug-likeness (QED) is 0.851. The standard InChI is InChI=1S/C16H19ClN2O2/c1-3-21-16-7-13(14(17)8-15(16)20-2)11-19-10-12-5-4-6-18-9-12/h4-9,19H,3,10-11H2,1-2H3. The Labute approximate surface area is 130 Å². The summed E-state index contributed by atoms with van der Waals surface area (Å²) in [5, 5.41) is 4.01. The van der Waals surface area contributed by atoms with Crippen LogP contribution in [0.2, 0.25) is 5.02 Å². The van der Waals surface area contributed by atoms with Gasteiger partial charge in [0.15, 0.2) is 11.5 Å². The zero-order valence-corrected chi connectivity index (χ0v) is 13.0. The first-order valence-corrected chi connectivity index (χ1v) is 7.21. The summed E-state index contributed by atoms with van der Waals surface area (Å²) in [6.45, 7) is 3.91. The van der Waals surface area contributed by atoms with Gasteiger partial charge in [0.05, 0.1) is 13.7 Å². The van der Waals surface area contributed by atoms with E-state index in [9.17, 15) is 0 Å². The van der Waals surface area contributed by atoms with Crippen LogP contribution in [-0.4, -0.2) is 18.7 Å². The third kappa shape index (κ3) is 4.34. The number of hydrogen-bond acceptors (Lipinski definition) is 4. The van der Waals surface area contributed by atoms with E-state index >= 15 is 0 Å². The lowest BCUT2D eigenvalue weighted by Crippen LogP contribution is -2.13. The van der Waals surface area contributed by atoms with Crippen molar-refractivity contribution < 1.29 is 9.47 Å². The van der Waals surface area contributed by atoms with Crippen molar-refractivity contribution in [1.82, 2.24) is 10.3 Å². The van der Waals surface area contributed by atoms with Crippen LogP contribution in [0.15, 0.2) is 36.7 Å². The van der Waals surface area contributed by atoms with Crippen LogP contribution in [0.4, 0.5) is 0 Å². The van der Waals surface area contributed by atoms with E-state index in [1.807, 2.05) is 31.3 Å². The van der Waals surface area contributed by atoms with Crippen LogP contribution < -0.4 is 14.8 Å². The van der Waals surface area contributed by atoms with Crippen LogP contribution in [-0.2, 0) is 13.1 Å². The molecule has 2 aromatic rings. The van der Waals surface area contributed by atoms with E-state index in [1.54, 1.807) is 19.4 Å². The van der Waals surface area contributed by atoms with Crippen molar-refractivity contribution in [3.8, 4) is 11.5 Å². The van der Waals surface area contributed by atoms with Crippen LogP contribution in [0.1, 0.15) is 18.1 Å². The van der Waals surface area contributed by atoms with Crippen molar-refractivity contribution in [1.29, 1.82) is 0 Å². The number of ether oxygens (including phenoxy) is 2. The van der Waals surface area contributed by atoms with E-state index in [2.05, 4.69) is 10.3 Å². The molecule has 0 aliphatic rings. The highest BCUT2D eigenvalue weighted by atomic mass is 35.5. The SMILES string of the molecule is CCOc1cc(CNCc2cccnc2)c(Cl)cc1OC. The molecule has 0 saturated heterocycles. The summed E-state index contributed by atoms with van der Waals surface area (Å²) in [7, 11) is 1.61. The number of rotatable bonds is 7. The molecule has 0 amide bonds.